The monoisotopic (exact) mass is 227 g/mol. The van der Waals surface area contributed by atoms with Crippen LogP contribution < -0.4 is 5.73 Å². The van der Waals surface area contributed by atoms with E-state index >= 15 is 0 Å². The minimum absolute atomic E-state index is 0.181. The second-order valence-corrected chi connectivity index (χ2v) is 4.01. The lowest BCUT2D eigenvalue weighted by molar-refractivity contribution is 0.0321. The van der Waals surface area contributed by atoms with Crippen molar-refractivity contribution < 1.29 is 9.47 Å². The van der Waals surface area contributed by atoms with Gasteiger partial charge in [0.2, 0.25) is 0 Å². The van der Waals surface area contributed by atoms with Crippen molar-refractivity contribution in [2.24, 2.45) is 0 Å². The van der Waals surface area contributed by atoms with E-state index in [1.807, 2.05) is 18.2 Å². The molecule has 1 aliphatic rings. The van der Waals surface area contributed by atoms with Gasteiger partial charge in [-0.05, 0) is 18.6 Å². The molecule has 1 atom stereocenters. The first kappa shape index (κ1) is 10.7. The van der Waals surface area contributed by atoms with Crippen LogP contribution in [0.3, 0.4) is 0 Å². The smallest absolute Gasteiger partial charge is 0.0835 e. The summed E-state index contributed by atoms with van der Waals surface area (Å²) < 4.78 is 10.9. The lowest BCUT2D eigenvalue weighted by atomic mass is 10.2. The van der Waals surface area contributed by atoms with Crippen LogP contribution in [0.2, 0.25) is 5.02 Å². The van der Waals surface area contributed by atoms with Crippen LogP contribution in [0, 0.1) is 0 Å². The minimum atomic E-state index is 0.181. The highest BCUT2D eigenvalue weighted by molar-refractivity contribution is 6.31. The van der Waals surface area contributed by atoms with E-state index in [1.54, 1.807) is 0 Å². The normalized spacial score (nSPS) is 20.7. The Bertz CT molecular complexity index is 317. The maximum Gasteiger partial charge on any atom is 0.0835 e. The van der Waals surface area contributed by atoms with Crippen molar-refractivity contribution in [3.63, 3.8) is 0 Å². The van der Waals surface area contributed by atoms with Gasteiger partial charge in [-0.25, -0.2) is 0 Å². The molecule has 1 aliphatic heterocycles. The summed E-state index contributed by atoms with van der Waals surface area (Å²) in [5.74, 6) is 0. The van der Waals surface area contributed by atoms with E-state index in [0.717, 1.165) is 18.6 Å². The van der Waals surface area contributed by atoms with E-state index in [0.29, 0.717) is 23.9 Å². The first-order valence-electron chi connectivity index (χ1n) is 4.99. The molecule has 1 saturated heterocycles. The highest BCUT2D eigenvalue weighted by Gasteiger charge is 2.16. The summed E-state index contributed by atoms with van der Waals surface area (Å²) in [6.07, 6.45) is 1.13. The molecule has 1 aromatic carbocycles. The van der Waals surface area contributed by atoms with Gasteiger partial charge in [-0.3, -0.25) is 0 Å². The Morgan fingerprint density at radius 2 is 2.40 bits per heavy atom. The predicted octanol–water partition coefficient (Wildman–Crippen LogP) is 2.23. The minimum Gasteiger partial charge on any atom is -0.398 e. The number of hydrogen-bond donors (Lipinski definition) is 1. The molecule has 1 heterocycles. The fourth-order valence-corrected chi connectivity index (χ4v) is 1.81. The number of hydrogen-bond acceptors (Lipinski definition) is 3. The summed E-state index contributed by atoms with van der Waals surface area (Å²) in [5.41, 5.74) is 7.36. The standard InChI is InChI=1S/C11H14ClNO2/c12-10-2-1-3-11(13)9(10)7-15-8-4-5-14-6-8/h1-3,8H,4-7,13H2. The van der Waals surface area contributed by atoms with Gasteiger partial charge in [0.25, 0.3) is 0 Å². The lowest BCUT2D eigenvalue weighted by Crippen LogP contribution is -2.12. The van der Waals surface area contributed by atoms with Gasteiger partial charge >= 0.3 is 0 Å². The van der Waals surface area contributed by atoms with Crippen LogP contribution in [0.5, 0.6) is 0 Å². The second kappa shape index (κ2) is 4.84. The number of halogens is 1. The van der Waals surface area contributed by atoms with Crippen LogP contribution in [-0.2, 0) is 16.1 Å². The summed E-state index contributed by atoms with van der Waals surface area (Å²) in [5, 5.41) is 0.661. The van der Waals surface area contributed by atoms with Crippen molar-refractivity contribution in [2.75, 3.05) is 18.9 Å². The maximum absolute atomic E-state index is 6.02. The average molecular weight is 228 g/mol. The summed E-state index contributed by atoms with van der Waals surface area (Å²) in [7, 11) is 0. The van der Waals surface area contributed by atoms with Gasteiger partial charge in [0.1, 0.15) is 0 Å². The average Bonchev–Trinajstić information content (AvgIpc) is 2.70. The molecule has 0 saturated carbocycles. The molecule has 3 nitrogen and oxygen atoms in total. The van der Waals surface area contributed by atoms with Crippen molar-refractivity contribution in [1.29, 1.82) is 0 Å². The quantitative estimate of drug-likeness (QED) is 0.806. The molecule has 2 rings (SSSR count). The molecule has 0 aromatic heterocycles. The zero-order valence-electron chi connectivity index (χ0n) is 8.41. The SMILES string of the molecule is Nc1cccc(Cl)c1COC1CCOC1. The second-order valence-electron chi connectivity index (χ2n) is 3.60. The third kappa shape index (κ3) is 2.62. The van der Waals surface area contributed by atoms with Gasteiger partial charge in [-0.2, -0.15) is 0 Å². The number of anilines is 1. The van der Waals surface area contributed by atoms with Crippen LogP contribution in [0.25, 0.3) is 0 Å². The predicted molar refractivity (Wildman–Crippen MR) is 59.9 cm³/mol. The third-order valence-corrected chi connectivity index (χ3v) is 2.86. The third-order valence-electron chi connectivity index (χ3n) is 2.51. The van der Waals surface area contributed by atoms with E-state index in [9.17, 15) is 0 Å². The fourth-order valence-electron chi connectivity index (χ4n) is 1.57. The molecule has 2 N–H and O–H groups in total. The molecular weight excluding hydrogens is 214 g/mol. The highest BCUT2D eigenvalue weighted by Crippen LogP contribution is 2.23. The Morgan fingerprint density at radius 3 is 3.07 bits per heavy atom. The molecule has 0 amide bonds. The van der Waals surface area contributed by atoms with Crippen LogP contribution in [0.1, 0.15) is 12.0 Å². The molecule has 1 fully saturated rings. The lowest BCUT2D eigenvalue weighted by Gasteiger charge is -2.12. The van der Waals surface area contributed by atoms with E-state index in [-0.39, 0.29) is 6.10 Å². The molecule has 15 heavy (non-hydrogen) atoms. The number of nitrogens with two attached hydrogens (primary N) is 1. The van der Waals surface area contributed by atoms with Crippen LogP contribution in [0.15, 0.2) is 18.2 Å². The van der Waals surface area contributed by atoms with Crippen LogP contribution >= 0.6 is 11.6 Å². The number of rotatable bonds is 3. The summed E-state index contributed by atoms with van der Waals surface area (Å²) in [6.45, 7) is 1.91. The Kier molecular flexibility index (Phi) is 3.46. The van der Waals surface area contributed by atoms with Gasteiger partial charge in [0.05, 0.1) is 19.3 Å². The molecule has 0 aliphatic carbocycles. The van der Waals surface area contributed by atoms with Gasteiger partial charge in [0.15, 0.2) is 0 Å². The van der Waals surface area contributed by atoms with Crippen LogP contribution in [-0.4, -0.2) is 19.3 Å². The summed E-state index contributed by atoms with van der Waals surface area (Å²) in [4.78, 5) is 0. The number of ether oxygens (including phenoxy) is 2. The van der Waals surface area contributed by atoms with E-state index in [4.69, 9.17) is 26.8 Å². The largest absolute Gasteiger partial charge is 0.398 e. The maximum atomic E-state index is 6.02. The summed E-state index contributed by atoms with van der Waals surface area (Å²) in [6, 6.07) is 5.48. The number of nitrogen functional groups attached to an aromatic ring is 1. The van der Waals surface area contributed by atoms with E-state index in [1.165, 1.54) is 0 Å². The van der Waals surface area contributed by atoms with Gasteiger partial charge in [-0.1, -0.05) is 17.7 Å². The molecule has 1 unspecified atom stereocenters. The van der Waals surface area contributed by atoms with Crippen molar-refractivity contribution in [3.05, 3.63) is 28.8 Å². The van der Waals surface area contributed by atoms with Gasteiger partial charge in [-0.15, -0.1) is 0 Å². The molecular formula is C11H14ClNO2. The van der Waals surface area contributed by atoms with Crippen molar-refractivity contribution in [1.82, 2.24) is 0 Å². The van der Waals surface area contributed by atoms with Crippen LogP contribution in [0.4, 0.5) is 5.69 Å². The first-order valence-corrected chi connectivity index (χ1v) is 5.37. The topological polar surface area (TPSA) is 44.5 Å². The Hall–Kier alpha value is -0.770. The van der Waals surface area contributed by atoms with Crippen molar-refractivity contribution in [2.45, 2.75) is 19.1 Å². The zero-order valence-corrected chi connectivity index (χ0v) is 9.17. The first-order chi connectivity index (χ1) is 7.27. The Balaban J connectivity index is 1.97. The van der Waals surface area contributed by atoms with Crippen molar-refractivity contribution in [3.8, 4) is 0 Å². The fraction of sp³-hybridized carbons (Fsp3) is 0.455. The molecule has 0 radical (unpaired) electrons. The molecule has 0 spiro atoms. The molecule has 82 valence electrons. The van der Waals surface area contributed by atoms with E-state index < -0.39 is 0 Å². The highest BCUT2D eigenvalue weighted by atomic mass is 35.5. The Labute approximate surface area is 94.1 Å². The van der Waals surface area contributed by atoms with Gasteiger partial charge in [0, 0.05) is 22.9 Å². The molecule has 4 heteroatoms. The van der Waals surface area contributed by atoms with Crippen molar-refractivity contribution >= 4 is 17.3 Å². The zero-order chi connectivity index (χ0) is 10.7. The van der Waals surface area contributed by atoms with E-state index in [2.05, 4.69) is 0 Å². The number of benzene rings is 1. The molecule has 0 bridgehead atoms. The summed E-state index contributed by atoms with van der Waals surface area (Å²) >= 11 is 6.02. The molecule has 1 aromatic rings. The Morgan fingerprint density at radius 1 is 1.53 bits per heavy atom. The van der Waals surface area contributed by atoms with Gasteiger partial charge < -0.3 is 15.2 Å².